The summed E-state index contributed by atoms with van der Waals surface area (Å²) in [6.07, 6.45) is -0.109. The molecule has 4 N–H and O–H groups in total. The molecule has 0 saturated carbocycles. The van der Waals surface area contributed by atoms with Crippen molar-refractivity contribution >= 4 is 52.3 Å². The molecule has 2 aromatic carbocycles. The lowest BCUT2D eigenvalue weighted by atomic mass is 9.94. The normalized spacial score (nSPS) is 13.9. The summed E-state index contributed by atoms with van der Waals surface area (Å²) in [6.45, 7) is 4.30. The first kappa shape index (κ1) is 25.5. The van der Waals surface area contributed by atoms with E-state index in [0.29, 0.717) is 17.0 Å². The van der Waals surface area contributed by atoms with Gasteiger partial charge in [-0.05, 0) is 44.0 Å². The van der Waals surface area contributed by atoms with Crippen LogP contribution in [0.5, 0.6) is 11.5 Å². The van der Waals surface area contributed by atoms with Crippen molar-refractivity contribution in [3.63, 3.8) is 0 Å². The van der Waals surface area contributed by atoms with Crippen molar-refractivity contribution in [3.8, 4) is 11.5 Å². The van der Waals surface area contributed by atoms with Gasteiger partial charge in [0.1, 0.15) is 11.5 Å². The molecule has 1 atom stereocenters. The van der Waals surface area contributed by atoms with Gasteiger partial charge in [-0.1, -0.05) is 28.1 Å². The van der Waals surface area contributed by atoms with E-state index in [-0.39, 0.29) is 55.2 Å². The number of fused-ring (bicyclic) bond motifs is 1. The lowest BCUT2D eigenvalue weighted by Gasteiger charge is -2.29. The van der Waals surface area contributed by atoms with Crippen LogP contribution in [0.3, 0.4) is 0 Å². The largest absolute Gasteiger partial charge is 0.508 e. The van der Waals surface area contributed by atoms with Crippen LogP contribution in [0.1, 0.15) is 31.1 Å². The summed E-state index contributed by atoms with van der Waals surface area (Å²) < 4.78 is 6.50. The van der Waals surface area contributed by atoms with Gasteiger partial charge in [0.2, 0.25) is 0 Å². The highest BCUT2D eigenvalue weighted by atomic mass is 79.9. The van der Waals surface area contributed by atoms with Crippen molar-refractivity contribution in [2.45, 2.75) is 31.9 Å². The quantitative estimate of drug-likeness (QED) is 0.475. The van der Waals surface area contributed by atoms with Gasteiger partial charge < -0.3 is 25.6 Å². The Balaban J connectivity index is 0.00000210. The third-order valence-electron chi connectivity index (χ3n) is 4.42. The number of phenols is 1. The average Bonchev–Trinajstić information content (AvgIpc) is 2.60. The molecule has 3 rings (SSSR count). The number of aliphatic hydroxyl groups is 1. The van der Waals surface area contributed by atoms with Gasteiger partial charge in [0, 0.05) is 28.2 Å². The third-order valence-corrected chi connectivity index (χ3v) is 4.95. The molecule has 0 fully saturated rings. The Hall–Kier alpha value is -1.51. The van der Waals surface area contributed by atoms with Gasteiger partial charge in [0.15, 0.2) is 6.61 Å². The smallest absolute Gasteiger partial charge is 0.262 e. The number of phenolic OH excluding ortho intramolecular Hbond substituents is 1. The Kier molecular flexibility index (Phi) is 9.24. The van der Waals surface area contributed by atoms with Crippen LogP contribution >= 0.6 is 40.7 Å². The highest BCUT2D eigenvalue weighted by Gasteiger charge is 2.26. The number of ether oxygens (including phenoxy) is 1. The fourth-order valence-corrected chi connectivity index (χ4v) is 3.38. The van der Waals surface area contributed by atoms with Gasteiger partial charge in [-0.25, -0.2) is 0 Å². The van der Waals surface area contributed by atoms with Gasteiger partial charge in [-0.3, -0.25) is 4.79 Å². The number of hydrogen-bond donors (Lipinski definition) is 4. The second kappa shape index (κ2) is 10.5. The first-order chi connectivity index (χ1) is 12.7. The maximum atomic E-state index is 11.5. The summed E-state index contributed by atoms with van der Waals surface area (Å²) in [6, 6.07) is 11.0. The number of halogens is 3. The van der Waals surface area contributed by atoms with Gasteiger partial charge in [0.25, 0.3) is 5.91 Å². The number of aromatic hydroxyl groups is 1. The first-order valence-electron chi connectivity index (χ1n) is 8.70. The Morgan fingerprint density at radius 3 is 2.55 bits per heavy atom. The number of benzene rings is 2. The van der Waals surface area contributed by atoms with Crippen molar-refractivity contribution in [1.82, 2.24) is 5.32 Å². The minimum atomic E-state index is -0.898. The summed E-state index contributed by atoms with van der Waals surface area (Å²) in [5.41, 5.74) is 1.75. The van der Waals surface area contributed by atoms with Gasteiger partial charge in [0.05, 0.1) is 11.8 Å². The molecular formula is C20H25BrCl2N2O4. The van der Waals surface area contributed by atoms with Crippen LogP contribution in [0.4, 0.5) is 5.69 Å². The van der Waals surface area contributed by atoms with Crippen molar-refractivity contribution < 1.29 is 19.7 Å². The molecule has 1 aliphatic heterocycles. The monoisotopic (exact) mass is 506 g/mol. The molecule has 1 heterocycles. The van der Waals surface area contributed by atoms with E-state index in [1.165, 1.54) is 17.7 Å². The number of nitrogens with one attached hydrogen (secondary N) is 2. The third kappa shape index (κ3) is 6.76. The minimum Gasteiger partial charge on any atom is -0.508 e. The number of aliphatic hydroxyl groups excluding tert-OH is 1. The lowest BCUT2D eigenvalue weighted by Crippen LogP contribution is -2.43. The molecule has 29 heavy (non-hydrogen) atoms. The van der Waals surface area contributed by atoms with Crippen LogP contribution in [0.15, 0.2) is 40.9 Å². The van der Waals surface area contributed by atoms with Crippen LogP contribution in [-0.2, 0) is 11.2 Å². The van der Waals surface area contributed by atoms with Crippen LogP contribution < -0.4 is 15.4 Å². The highest BCUT2D eigenvalue weighted by molar-refractivity contribution is 9.10. The molecule has 6 nitrogen and oxygen atoms in total. The predicted octanol–water partition coefficient (Wildman–Crippen LogP) is 3.97. The highest BCUT2D eigenvalue weighted by Crippen LogP contribution is 2.38. The standard InChI is InChI=1S/C20H23BrN2O4.2ClH/c1-20(2,9-12-3-5-13(21)6-4-12)22-10-17(25)15-7-14(24)8-16-19(15)27-11-18(26)23-16;;/h3-8,17,22,24-25H,9-11H2,1-2H3,(H,23,26);2*1H. The topological polar surface area (TPSA) is 90.8 Å². The number of anilines is 1. The fraction of sp³-hybridized carbons (Fsp3) is 0.350. The molecule has 0 aliphatic carbocycles. The zero-order valence-corrected chi connectivity index (χ0v) is 19.3. The van der Waals surface area contributed by atoms with Crippen molar-refractivity contribution in [2.24, 2.45) is 0 Å². The molecule has 0 spiro atoms. The number of hydrogen-bond acceptors (Lipinski definition) is 5. The lowest BCUT2D eigenvalue weighted by molar-refractivity contribution is -0.118. The van der Waals surface area contributed by atoms with Crippen molar-refractivity contribution in [3.05, 3.63) is 52.0 Å². The minimum absolute atomic E-state index is 0. The van der Waals surface area contributed by atoms with E-state index in [1.807, 2.05) is 12.1 Å². The summed E-state index contributed by atoms with van der Waals surface area (Å²) in [4.78, 5) is 11.5. The predicted molar refractivity (Wildman–Crippen MR) is 122 cm³/mol. The maximum Gasteiger partial charge on any atom is 0.262 e. The van der Waals surface area contributed by atoms with E-state index in [2.05, 4.69) is 52.5 Å². The van der Waals surface area contributed by atoms with Crippen LogP contribution in [0, 0.1) is 0 Å². The number of amides is 1. The van der Waals surface area contributed by atoms with Gasteiger partial charge in [-0.15, -0.1) is 24.8 Å². The summed E-state index contributed by atoms with van der Waals surface area (Å²) in [5.74, 6) is 0.0671. The zero-order valence-electron chi connectivity index (χ0n) is 16.1. The first-order valence-corrected chi connectivity index (χ1v) is 9.50. The van der Waals surface area contributed by atoms with Gasteiger partial charge >= 0.3 is 0 Å². The molecule has 0 saturated heterocycles. The van der Waals surface area contributed by atoms with E-state index in [4.69, 9.17) is 4.74 Å². The van der Waals surface area contributed by atoms with E-state index in [9.17, 15) is 15.0 Å². The molecule has 1 amide bonds. The zero-order chi connectivity index (χ0) is 19.6. The molecule has 1 unspecified atom stereocenters. The van der Waals surface area contributed by atoms with Crippen LogP contribution in [0.25, 0.3) is 0 Å². The summed E-state index contributed by atoms with van der Waals surface area (Å²) >= 11 is 3.43. The number of carbonyl (C=O) groups excluding carboxylic acids is 1. The molecule has 9 heteroatoms. The second-order valence-electron chi connectivity index (χ2n) is 7.33. The van der Waals surface area contributed by atoms with Crippen molar-refractivity contribution in [1.29, 1.82) is 0 Å². The van der Waals surface area contributed by atoms with E-state index in [1.54, 1.807) is 0 Å². The molecule has 160 valence electrons. The maximum absolute atomic E-state index is 11.5. The summed E-state index contributed by atoms with van der Waals surface area (Å²) in [5, 5.41) is 26.6. The molecule has 0 bridgehead atoms. The molecular weight excluding hydrogens is 483 g/mol. The van der Waals surface area contributed by atoms with Crippen LogP contribution in [-0.4, -0.2) is 34.8 Å². The SMILES string of the molecule is CC(C)(Cc1ccc(Br)cc1)NCC(O)c1cc(O)cc2c1OCC(=O)N2.Cl.Cl. The second-order valence-corrected chi connectivity index (χ2v) is 8.25. The Bertz CT molecular complexity index is 847. The fourth-order valence-electron chi connectivity index (χ4n) is 3.12. The molecule has 0 aromatic heterocycles. The Morgan fingerprint density at radius 2 is 1.90 bits per heavy atom. The Labute approximate surface area is 191 Å². The van der Waals surface area contributed by atoms with E-state index in [0.717, 1.165) is 10.9 Å². The van der Waals surface area contributed by atoms with E-state index < -0.39 is 6.10 Å². The Morgan fingerprint density at radius 1 is 1.24 bits per heavy atom. The number of carbonyl (C=O) groups is 1. The average molecular weight is 508 g/mol. The van der Waals surface area contributed by atoms with Gasteiger partial charge in [-0.2, -0.15) is 0 Å². The molecule has 2 aromatic rings. The summed E-state index contributed by atoms with van der Waals surface area (Å²) in [7, 11) is 0. The number of rotatable bonds is 6. The molecule has 0 radical (unpaired) electrons. The van der Waals surface area contributed by atoms with Crippen LogP contribution in [0.2, 0.25) is 0 Å². The molecule has 1 aliphatic rings. The number of β-amino-alcohol motifs (C(OH)–C–C–N with tert-alkyl or cyclic N) is 1. The van der Waals surface area contributed by atoms with E-state index >= 15 is 0 Å². The van der Waals surface area contributed by atoms with Crippen molar-refractivity contribution in [2.75, 3.05) is 18.5 Å².